The minimum absolute atomic E-state index is 0.0550. The number of morpholine rings is 1. The van der Waals surface area contributed by atoms with Crippen LogP contribution in [-0.4, -0.2) is 65.8 Å². The van der Waals surface area contributed by atoms with Crippen LogP contribution in [0, 0.1) is 0 Å². The first-order valence-corrected chi connectivity index (χ1v) is 6.45. The zero-order chi connectivity index (χ0) is 13.5. The quantitative estimate of drug-likeness (QED) is 0.799. The molecule has 1 N–H and O–H groups in total. The van der Waals surface area contributed by atoms with Crippen molar-refractivity contribution in [1.29, 1.82) is 0 Å². The van der Waals surface area contributed by atoms with Crippen LogP contribution in [0.15, 0.2) is 0 Å². The number of aliphatic carboxylic acids is 1. The van der Waals surface area contributed by atoms with Gasteiger partial charge >= 0.3 is 12.0 Å². The largest absolute Gasteiger partial charge is 0.480 e. The van der Waals surface area contributed by atoms with Gasteiger partial charge in [0.1, 0.15) is 6.54 Å². The lowest BCUT2D eigenvalue weighted by molar-refractivity contribution is -0.137. The van der Waals surface area contributed by atoms with Gasteiger partial charge in [-0.05, 0) is 12.8 Å². The zero-order valence-corrected chi connectivity index (χ0v) is 11.1. The Morgan fingerprint density at radius 2 is 2.17 bits per heavy atom. The van der Waals surface area contributed by atoms with E-state index in [0.29, 0.717) is 26.3 Å². The van der Waals surface area contributed by atoms with Gasteiger partial charge in [-0.15, -0.1) is 0 Å². The average molecular weight is 258 g/mol. The number of urea groups is 1. The highest BCUT2D eigenvalue weighted by Crippen LogP contribution is 2.13. The van der Waals surface area contributed by atoms with Gasteiger partial charge < -0.3 is 19.6 Å². The summed E-state index contributed by atoms with van der Waals surface area (Å²) in [7, 11) is 0. The van der Waals surface area contributed by atoms with E-state index < -0.39 is 5.97 Å². The third kappa shape index (κ3) is 3.87. The van der Waals surface area contributed by atoms with Crippen molar-refractivity contribution in [2.45, 2.75) is 32.7 Å². The first-order chi connectivity index (χ1) is 8.60. The second-order valence-corrected chi connectivity index (χ2v) is 4.43. The van der Waals surface area contributed by atoms with Crippen molar-refractivity contribution in [3.05, 3.63) is 0 Å². The van der Waals surface area contributed by atoms with E-state index in [1.165, 1.54) is 4.90 Å². The van der Waals surface area contributed by atoms with Crippen molar-refractivity contribution in [1.82, 2.24) is 9.80 Å². The minimum atomic E-state index is -0.974. The number of carbonyl (C=O) groups is 2. The molecule has 0 aromatic carbocycles. The van der Waals surface area contributed by atoms with Crippen LogP contribution < -0.4 is 0 Å². The Bertz CT molecular complexity index is 296. The molecule has 0 aromatic rings. The lowest BCUT2D eigenvalue weighted by Gasteiger charge is -2.38. The highest BCUT2D eigenvalue weighted by atomic mass is 16.5. The maximum atomic E-state index is 12.3. The van der Waals surface area contributed by atoms with Crippen molar-refractivity contribution < 1.29 is 19.4 Å². The second kappa shape index (κ2) is 7.20. The molecule has 2 amide bonds. The Kier molecular flexibility index (Phi) is 5.91. The Hall–Kier alpha value is -1.30. The van der Waals surface area contributed by atoms with E-state index in [2.05, 4.69) is 0 Å². The molecule has 0 aliphatic carbocycles. The molecule has 0 aromatic heterocycles. The molecule has 0 bridgehead atoms. The molecule has 6 heteroatoms. The highest BCUT2D eigenvalue weighted by Gasteiger charge is 2.29. The molecular weight excluding hydrogens is 236 g/mol. The zero-order valence-electron chi connectivity index (χ0n) is 11.1. The van der Waals surface area contributed by atoms with E-state index in [4.69, 9.17) is 9.84 Å². The van der Waals surface area contributed by atoms with E-state index in [1.807, 2.05) is 13.8 Å². The first-order valence-electron chi connectivity index (χ1n) is 6.45. The molecule has 1 saturated heterocycles. The van der Waals surface area contributed by atoms with Crippen molar-refractivity contribution in [3.63, 3.8) is 0 Å². The Balaban J connectivity index is 2.70. The molecule has 1 rings (SSSR count). The summed E-state index contributed by atoms with van der Waals surface area (Å²) in [5, 5.41) is 8.84. The maximum absolute atomic E-state index is 12.3. The fraction of sp³-hybridized carbons (Fsp3) is 0.833. The van der Waals surface area contributed by atoms with Gasteiger partial charge in [-0.2, -0.15) is 0 Å². The van der Waals surface area contributed by atoms with Gasteiger partial charge in [-0.1, -0.05) is 13.8 Å². The molecular formula is C12H22N2O4. The highest BCUT2D eigenvalue weighted by molar-refractivity contribution is 5.80. The Morgan fingerprint density at radius 1 is 1.44 bits per heavy atom. The van der Waals surface area contributed by atoms with Gasteiger partial charge in [0.15, 0.2) is 0 Å². The summed E-state index contributed by atoms with van der Waals surface area (Å²) in [6.07, 6.45) is 1.57. The van der Waals surface area contributed by atoms with Crippen molar-refractivity contribution in [2.24, 2.45) is 0 Å². The average Bonchev–Trinajstić information content (AvgIpc) is 2.37. The van der Waals surface area contributed by atoms with Gasteiger partial charge in [0.05, 0.1) is 19.3 Å². The van der Waals surface area contributed by atoms with Crippen LogP contribution in [0.3, 0.4) is 0 Å². The second-order valence-electron chi connectivity index (χ2n) is 4.43. The summed E-state index contributed by atoms with van der Waals surface area (Å²) in [5.41, 5.74) is 0. The van der Waals surface area contributed by atoms with E-state index in [-0.39, 0.29) is 18.6 Å². The number of ether oxygens (including phenoxy) is 1. The molecule has 6 nitrogen and oxygen atoms in total. The number of carboxylic acids is 1. The maximum Gasteiger partial charge on any atom is 0.323 e. The molecule has 1 aliphatic rings. The fourth-order valence-electron chi connectivity index (χ4n) is 2.10. The van der Waals surface area contributed by atoms with Gasteiger partial charge in [0, 0.05) is 13.1 Å². The summed E-state index contributed by atoms with van der Waals surface area (Å²) in [5.74, 6) is -0.974. The fourth-order valence-corrected chi connectivity index (χ4v) is 2.10. The van der Waals surface area contributed by atoms with E-state index in [9.17, 15) is 9.59 Å². The van der Waals surface area contributed by atoms with Crippen LogP contribution in [0.2, 0.25) is 0 Å². The minimum Gasteiger partial charge on any atom is -0.480 e. The van der Waals surface area contributed by atoms with Crippen LogP contribution in [0.25, 0.3) is 0 Å². The lowest BCUT2D eigenvalue weighted by atomic mass is 10.2. The van der Waals surface area contributed by atoms with Crippen LogP contribution in [0.4, 0.5) is 4.79 Å². The van der Waals surface area contributed by atoms with Gasteiger partial charge in [-0.25, -0.2) is 4.79 Å². The topological polar surface area (TPSA) is 70.1 Å². The van der Waals surface area contributed by atoms with Crippen molar-refractivity contribution >= 4 is 12.0 Å². The van der Waals surface area contributed by atoms with Crippen LogP contribution >= 0.6 is 0 Å². The lowest BCUT2D eigenvalue weighted by Crippen LogP contribution is -2.54. The molecule has 0 radical (unpaired) electrons. The molecule has 1 fully saturated rings. The number of amides is 2. The van der Waals surface area contributed by atoms with Crippen LogP contribution in [-0.2, 0) is 9.53 Å². The molecule has 1 atom stereocenters. The van der Waals surface area contributed by atoms with Gasteiger partial charge in [0.2, 0.25) is 0 Å². The SMILES string of the molecule is CCCN(CC(=O)O)C(=O)N1CCOCC1CC. The predicted molar refractivity (Wildman–Crippen MR) is 66.5 cm³/mol. The molecule has 18 heavy (non-hydrogen) atoms. The van der Waals surface area contributed by atoms with Gasteiger partial charge in [-0.3, -0.25) is 4.79 Å². The number of nitrogens with zero attached hydrogens (tertiary/aromatic N) is 2. The molecule has 1 aliphatic heterocycles. The molecule has 0 spiro atoms. The number of carboxylic acid groups (broad SMARTS) is 1. The van der Waals surface area contributed by atoms with Crippen molar-refractivity contribution in [2.75, 3.05) is 32.8 Å². The molecule has 104 valence electrons. The molecule has 0 saturated carbocycles. The number of rotatable bonds is 5. The molecule has 1 unspecified atom stereocenters. The predicted octanol–water partition coefficient (Wildman–Crippen LogP) is 1.01. The standard InChI is InChI=1S/C12H22N2O4/c1-3-5-13(8-11(15)16)12(17)14-6-7-18-9-10(14)4-2/h10H,3-9H2,1-2H3,(H,15,16). The Labute approximate surface area is 107 Å². The number of hydrogen-bond acceptors (Lipinski definition) is 3. The Morgan fingerprint density at radius 3 is 2.72 bits per heavy atom. The van der Waals surface area contributed by atoms with E-state index in [1.54, 1.807) is 4.90 Å². The smallest absolute Gasteiger partial charge is 0.323 e. The normalized spacial score (nSPS) is 19.7. The van der Waals surface area contributed by atoms with E-state index >= 15 is 0 Å². The summed E-state index contributed by atoms with van der Waals surface area (Å²) >= 11 is 0. The van der Waals surface area contributed by atoms with Crippen LogP contribution in [0.5, 0.6) is 0 Å². The van der Waals surface area contributed by atoms with E-state index in [0.717, 1.165) is 12.8 Å². The van der Waals surface area contributed by atoms with Crippen LogP contribution in [0.1, 0.15) is 26.7 Å². The summed E-state index contributed by atoms with van der Waals surface area (Å²) < 4.78 is 5.35. The summed E-state index contributed by atoms with van der Waals surface area (Å²) in [6.45, 7) is 5.76. The monoisotopic (exact) mass is 258 g/mol. The van der Waals surface area contributed by atoms with Gasteiger partial charge in [0.25, 0.3) is 0 Å². The number of hydrogen-bond donors (Lipinski definition) is 1. The first kappa shape index (κ1) is 14.8. The van der Waals surface area contributed by atoms with Crippen molar-refractivity contribution in [3.8, 4) is 0 Å². The summed E-state index contributed by atoms with van der Waals surface area (Å²) in [6, 6.07) is -0.131. The third-order valence-corrected chi connectivity index (χ3v) is 3.03. The molecule has 1 heterocycles. The summed E-state index contributed by atoms with van der Waals surface area (Å²) in [4.78, 5) is 26.2. The number of carbonyl (C=O) groups excluding carboxylic acids is 1. The third-order valence-electron chi connectivity index (χ3n) is 3.03.